The molecule has 0 spiro atoms. The van der Waals surface area contributed by atoms with E-state index in [1.165, 1.54) is 6.33 Å². The Bertz CT molecular complexity index is 1440. The molecule has 9 nitrogen and oxygen atoms in total. The molecule has 0 aliphatic heterocycles. The van der Waals surface area contributed by atoms with E-state index in [0.717, 1.165) is 42.5 Å². The zero-order chi connectivity index (χ0) is 26.3. The first kappa shape index (κ1) is 25.1. The Morgan fingerprint density at radius 3 is 2.73 bits per heavy atom. The molecule has 0 radical (unpaired) electrons. The minimum Gasteiger partial charge on any atom is -0.493 e. The van der Waals surface area contributed by atoms with E-state index in [2.05, 4.69) is 44.1 Å². The number of nitrogens with zero attached hydrogens (tertiary/aromatic N) is 5. The van der Waals surface area contributed by atoms with Crippen molar-refractivity contribution in [1.29, 1.82) is 0 Å². The zero-order valence-corrected chi connectivity index (χ0v) is 22.0. The van der Waals surface area contributed by atoms with E-state index in [1.807, 2.05) is 19.3 Å². The standard InChI is InChI=1S/C27H34FN7O2/c1-15(2)22-23-19(33-25(22)17-10-20(37-5)27-31-14-32-35(27)12-17)11-30-26(24(23)28)16-6-8-18(9-7-16)34(4)13-21(36)29-3/h10-12,14-16,18,33H,6-9,13H2,1-5H3,(H,29,36). The van der Waals surface area contributed by atoms with Crippen LogP contribution in [0.3, 0.4) is 0 Å². The van der Waals surface area contributed by atoms with Crippen LogP contribution < -0.4 is 10.1 Å². The largest absolute Gasteiger partial charge is 0.493 e. The van der Waals surface area contributed by atoms with Crippen molar-refractivity contribution < 1.29 is 13.9 Å². The second-order valence-corrected chi connectivity index (χ2v) is 10.2. The van der Waals surface area contributed by atoms with E-state index >= 15 is 4.39 Å². The molecular formula is C27H34FN7O2. The first-order valence-electron chi connectivity index (χ1n) is 12.8. The van der Waals surface area contributed by atoms with Crippen LogP contribution in [0.25, 0.3) is 27.8 Å². The maximum atomic E-state index is 16.2. The lowest BCUT2D eigenvalue weighted by molar-refractivity contribution is -0.122. The fourth-order valence-corrected chi connectivity index (χ4v) is 5.68. The van der Waals surface area contributed by atoms with E-state index in [0.29, 0.717) is 40.6 Å². The smallest absolute Gasteiger partial charge is 0.233 e. The molecule has 0 saturated heterocycles. The van der Waals surface area contributed by atoms with Gasteiger partial charge in [0.15, 0.2) is 17.2 Å². The summed E-state index contributed by atoms with van der Waals surface area (Å²) < 4.78 is 23.4. The lowest BCUT2D eigenvalue weighted by Gasteiger charge is -2.34. The zero-order valence-electron chi connectivity index (χ0n) is 22.0. The molecule has 196 valence electrons. The van der Waals surface area contributed by atoms with Crippen LogP contribution in [-0.2, 0) is 4.79 Å². The van der Waals surface area contributed by atoms with Crippen molar-refractivity contribution in [3.63, 3.8) is 0 Å². The van der Waals surface area contributed by atoms with Gasteiger partial charge in [-0.2, -0.15) is 5.10 Å². The highest BCUT2D eigenvalue weighted by Crippen LogP contribution is 2.41. The number of nitrogens with one attached hydrogen (secondary N) is 2. The summed E-state index contributed by atoms with van der Waals surface area (Å²) in [6, 6.07) is 2.22. The lowest BCUT2D eigenvalue weighted by Crippen LogP contribution is -2.41. The molecule has 1 fully saturated rings. The van der Waals surface area contributed by atoms with Crippen molar-refractivity contribution in [3.05, 3.63) is 41.9 Å². The third kappa shape index (κ3) is 4.54. The first-order valence-corrected chi connectivity index (χ1v) is 12.8. The van der Waals surface area contributed by atoms with Crippen LogP contribution in [0.4, 0.5) is 4.39 Å². The van der Waals surface area contributed by atoms with Gasteiger partial charge in [0.25, 0.3) is 0 Å². The normalized spacial score (nSPS) is 18.3. The molecule has 4 aromatic heterocycles. The first-order chi connectivity index (χ1) is 17.8. The summed E-state index contributed by atoms with van der Waals surface area (Å²) in [4.78, 5) is 26.2. The highest BCUT2D eigenvalue weighted by Gasteiger charge is 2.30. The number of pyridine rings is 2. The van der Waals surface area contributed by atoms with Crippen LogP contribution in [0.15, 0.2) is 24.8 Å². The van der Waals surface area contributed by atoms with Crippen LogP contribution >= 0.6 is 0 Å². The Balaban J connectivity index is 1.49. The van der Waals surface area contributed by atoms with Gasteiger partial charge >= 0.3 is 0 Å². The SMILES string of the molecule is CNC(=O)CN(C)C1CCC(c2ncc3[nH]c(-c4cc(OC)c5ncnn5c4)c(C(C)C)c3c2F)CC1. The summed E-state index contributed by atoms with van der Waals surface area (Å²) >= 11 is 0. The molecule has 2 N–H and O–H groups in total. The number of methoxy groups -OCH3 is 1. The molecule has 1 aliphatic rings. The fourth-order valence-electron chi connectivity index (χ4n) is 5.68. The minimum atomic E-state index is -0.236. The van der Waals surface area contributed by atoms with Gasteiger partial charge in [-0.25, -0.2) is 13.9 Å². The molecule has 5 rings (SSSR count). The lowest BCUT2D eigenvalue weighted by atomic mass is 9.82. The Labute approximate surface area is 215 Å². The van der Waals surface area contributed by atoms with Gasteiger partial charge in [0.2, 0.25) is 5.91 Å². The number of aromatic nitrogens is 5. The number of hydrogen-bond acceptors (Lipinski definition) is 6. The van der Waals surface area contributed by atoms with Gasteiger partial charge in [0, 0.05) is 36.2 Å². The van der Waals surface area contributed by atoms with Crippen molar-refractivity contribution in [3.8, 4) is 17.0 Å². The van der Waals surface area contributed by atoms with Gasteiger partial charge < -0.3 is 15.0 Å². The van der Waals surface area contributed by atoms with Crippen LogP contribution in [-0.4, -0.2) is 69.2 Å². The number of carbonyl (C=O) groups excluding carboxylic acids is 1. The van der Waals surface area contributed by atoms with Crippen LogP contribution in [0.2, 0.25) is 0 Å². The maximum Gasteiger partial charge on any atom is 0.233 e. The summed E-state index contributed by atoms with van der Waals surface area (Å²) in [7, 11) is 5.23. The molecule has 37 heavy (non-hydrogen) atoms. The molecule has 0 unspecified atom stereocenters. The molecule has 1 amide bonds. The van der Waals surface area contributed by atoms with Crippen molar-refractivity contribution in [2.45, 2.75) is 57.4 Å². The summed E-state index contributed by atoms with van der Waals surface area (Å²) in [5.41, 5.74) is 4.43. The number of ether oxygens (including phenoxy) is 1. The summed E-state index contributed by atoms with van der Waals surface area (Å²) in [6.45, 7) is 4.52. The third-order valence-electron chi connectivity index (χ3n) is 7.65. The highest BCUT2D eigenvalue weighted by molar-refractivity contribution is 5.92. The van der Waals surface area contributed by atoms with Crippen molar-refractivity contribution in [2.24, 2.45) is 0 Å². The summed E-state index contributed by atoms with van der Waals surface area (Å²) in [5, 5.41) is 7.55. The average molecular weight is 508 g/mol. The van der Waals surface area contributed by atoms with E-state index in [4.69, 9.17) is 4.74 Å². The van der Waals surface area contributed by atoms with Gasteiger partial charge in [-0.05, 0) is 50.3 Å². The van der Waals surface area contributed by atoms with Crippen molar-refractivity contribution in [1.82, 2.24) is 34.8 Å². The molecule has 4 heterocycles. The number of aromatic amines is 1. The highest BCUT2D eigenvalue weighted by atomic mass is 19.1. The number of fused-ring (bicyclic) bond motifs is 2. The quantitative estimate of drug-likeness (QED) is 0.388. The Morgan fingerprint density at radius 2 is 2.05 bits per heavy atom. The molecule has 0 atom stereocenters. The summed E-state index contributed by atoms with van der Waals surface area (Å²) in [5.74, 6) is 0.493. The van der Waals surface area contributed by atoms with Crippen LogP contribution in [0.5, 0.6) is 5.75 Å². The van der Waals surface area contributed by atoms with Gasteiger partial charge in [-0.1, -0.05) is 13.8 Å². The number of H-pyrrole nitrogens is 1. The number of hydrogen-bond donors (Lipinski definition) is 2. The molecule has 10 heteroatoms. The summed E-state index contributed by atoms with van der Waals surface area (Å²) in [6.07, 6.45) is 8.62. The number of likely N-dealkylation sites (N-methyl/N-ethyl adjacent to an activating group) is 2. The third-order valence-corrected chi connectivity index (χ3v) is 7.65. The van der Waals surface area contributed by atoms with Gasteiger partial charge in [0.1, 0.15) is 6.33 Å². The van der Waals surface area contributed by atoms with Crippen LogP contribution in [0, 0.1) is 5.82 Å². The number of rotatable bonds is 7. The second-order valence-electron chi connectivity index (χ2n) is 10.2. The minimum absolute atomic E-state index is 0.00727. The Morgan fingerprint density at radius 1 is 1.30 bits per heavy atom. The fraction of sp³-hybridized carbons (Fsp3) is 0.481. The molecule has 0 bridgehead atoms. The monoisotopic (exact) mass is 507 g/mol. The number of halogens is 1. The average Bonchev–Trinajstić information content (AvgIpc) is 3.53. The second kappa shape index (κ2) is 10.1. The van der Waals surface area contributed by atoms with E-state index in [-0.39, 0.29) is 23.6 Å². The molecule has 1 saturated carbocycles. The van der Waals surface area contributed by atoms with E-state index in [9.17, 15) is 4.79 Å². The molecule has 4 aromatic rings. The Hall–Kier alpha value is -3.53. The molecular weight excluding hydrogens is 473 g/mol. The van der Waals surface area contributed by atoms with E-state index in [1.54, 1.807) is 24.9 Å². The Kier molecular flexibility index (Phi) is 6.85. The maximum absolute atomic E-state index is 16.2. The number of carbonyl (C=O) groups is 1. The molecule has 1 aliphatic carbocycles. The van der Waals surface area contributed by atoms with Gasteiger partial charge in [-0.15, -0.1) is 0 Å². The molecule has 0 aromatic carbocycles. The van der Waals surface area contributed by atoms with Crippen molar-refractivity contribution >= 4 is 22.5 Å². The van der Waals surface area contributed by atoms with Gasteiger partial charge in [0.05, 0.1) is 36.8 Å². The van der Waals surface area contributed by atoms with Crippen molar-refractivity contribution in [2.75, 3.05) is 27.7 Å². The van der Waals surface area contributed by atoms with Crippen LogP contribution in [0.1, 0.15) is 62.6 Å². The predicted molar refractivity (Wildman–Crippen MR) is 140 cm³/mol. The topological polar surface area (TPSA) is 100 Å². The predicted octanol–water partition coefficient (Wildman–Crippen LogP) is 4.25. The van der Waals surface area contributed by atoms with E-state index < -0.39 is 0 Å². The van der Waals surface area contributed by atoms with Gasteiger partial charge in [-0.3, -0.25) is 14.7 Å². The number of amides is 1.